The van der Waals surface area contributed by atoms with E-state index in [1.807, 2.05) is 0 Å². The van der Waals surface area contributed by atoms with Crippen molar-refractivity contribution in [2.24, 2.45) is 11.3 Å². The minimum atomic E-state index is -0.479. The van der Waals surface area contributed by atoms with Crippen LogP contribution in [0, 0.1) is 17.2 Å². The van der Waals surface area contributed by atoms with Gasteiger partial charge in [-0.25, -0.2) is 9.37 Å². The molecule has 4 rings (SSSR count). The predicted octanol–water partition coefficient (Wildman–Crippen LogP) is 2.84. The van der Waals surface area contributed by atoms with E-state index in [9.17, 15) is 9.18 Å². The number of nitrogens with one attached hydrogen (secondary N) is 3. The highest BCUT2D eigenvalue weighted by molar-refractivity contribution is 5.92. The summed E-state index contributed by atoms with van der Waals surface area (Å²) in [4.78, 5) is 16.5. The molecule has 0 radical (unpaired) electrons. The molecule has 1 unspecified atom stereocenters. The minimum Gasteiger partial charge on any atom is -0.381 e. The number of pyridine rings is 1. The number of carbonyl (C=O) groups excluding carboxylic acids is 1. The van der Waals surface area contributed by atoms with Gasteiger partial charge in [0.25, 0.3) is 0 Å². The summed E-state index contributed by atoms with van der Waals surface area (Å²) in [5, 5.41) is 17.5. The third-order valence-corrected chi connectivity index (χ3v) is 6.14. The number of aromatic nitrogens is 3. The van der Waals surface area contributed by atoms with Crippen LogP contribution in [0.1, 0.15) is 32.6 Å². The first-order valence-electron chi connectivity index (χ1n) is 10.8. The fourth-order valence-corrected chi connectivity index (χ4v) is 3.98. The number of hydrogen-bond donors (Lipinski definition) is 3. The van der Waals surface area contributed by atoms with Crippen molar-refractivity contribution >= 4 is 17.5 Å². The van der Waals surface area contributed by atoms with Gasteiger partial charge in [0.05, 0.1) is 18.3 Å². The van der Waals surface area contributed by atoms with Gasteiger partial charge in [-0.1, -0.05) is 6.92 Å². The van der Waals surface area contributed by atoms with Gasteiger partial charge in [0.2, 0.25) is 5.91 Å². The number of amides is 1. The molecule has 2 aromatic rings. The van der Waals surface area contributed by atoms with Gasteiger partial charge in [-0.05, 0) is 49.8 Å². The van der Waals surface area contributed by atoms with Crippen LogP contribution in [0.4, 0.5) is 16.0 Å². The lowest BCUT2D eigenvalue weighted by Gasteiger charge is -2.33. The zero-order valence-electron chi connectivity index (χ0n) is 17.8. The van der Waals surface area contributed by atoms with Crippen molar-refractivity contribution in [3.05, 3.63) is 30.3 Å². The summed E-state index contributed by atoms with van der Waals surface area (Å²) < 4.78 is 20.0. The molecule has 0 bridgehead atoms. The summed E-state index contributed by atoms with van der Waals surface area (Å²) in [5.74, 6) is 0.229. The van der Waals surface area contributed by atoms with Gasteiger partial charge in [0, 0.05) is 37.4 Å². The normalized spacial score (nSPS) is 20.8. The van der Waals surface area contributed by atoms with E-state index in [-0.39, 0.29) is 17.2 Å². The van der Waals surface area contributed by atoms with E-state index in [4.69, 9.17) is 4.74 Å². The minimum absolute atomic E-state index is 0.0998. The van der Waals surface area contributed by atoms with Crippen molar-refractivity contribution in [2.45, 2.75) is 32.6 Å². The highest BCUT2D eigenvalue weighted by Crippen LogP contribution is 2.30. The highest BCUT2D eigenvalue weighted by atomic mass is 19.1. The summed E-state index contributed by atoms with van der Waals surface area (Å²) in [6, 6.07) is 3.31. The van der Waals surface area contributed by atoms with Crippen LogP contribution in [-0.4, -0.2) is 53.9 Å². The van der Waals surface area contributed by atoms with Gasteiger partial charge in [-0.3, -0.25) is 4.79 Å². The van der Waals surface area contributed by atoms with Crippen molar-refractivity contribution < 1.29 is 13.9 Å². The average molecular weight is 429 g/mol. The summed E-state index contributed by atoms with van der Waals surface area (Å²) in [6.45, 7) is 6.06. The van der Waals surface area contributed by atoms with Crippen molar-refractivity contribution in [2.75, 3.05) is 43.5 Å². The summed E-state index contributed by atoms with van der Waals surface area (Å²) in [6.07, 6.45) is 6.39. The van der Waals surface area contributed by atoms with E-state index >= 15 is 0 Å². The molecule has 31 heavy (non-hydrogen) atoms. The Morgan fingerprint density at radius 3 is 2.90 bits per heavy atom. The van der Waals surface area contributed by atoms with Gasteiger partial charge in [-0.2, -0.15) is 5.10 Å². The highest BCUT2D eigenvalue weighted by Gasteiger charge is 2.27. The maximum Gasteiger partial charge on any atom is 0.229 e. The third-order valence-electron chi connectivity index (χ3n) is 6.14. The fourth-order valence-electron chi connectivity index (χ4n) is 3.98. The van der Waals surface area contributed by atoms with E-state index in [0.717, 1.165) is 58.2 Å². The Bertz CT molecular complexity index is 913. The van der Waals surface area contributed by atoms with Crippen molar-refractivity contribution in [3.8, 4) is 11.1 Å². The molecule has 3 N–H and O–H groups in total. The molecular weight excluding hydrogens is 399 g/mol. The first-order valence-corrected chi connectivity index (χ1v) is 10.8. The Balaban J connectivity index is 1.46. The summed E-state index contributed by atoms with van der Waals surface area (Å²) in [5.41, 5.74) is 1.02. The topological polar surface area (TPSA) is 101 Å². The van der Waals surface area contributed by atoms with Gasteiger partial charge >= 0.3 is 0 Å². The molecular formula is C22H29FN6O2. The Labute approximate surface area is 181 Å². The third kappa shape index (κ3) is 5.54. The number of carbonyl (C=O) groups is 1. The molecule has 2 fully saturated rings. The lowest BCUT2D eigenvalue weighted by Crippen LogP contribution is -2.37. The maximum atomic E-state index is 14.5. The maximum absolute atomic E-state index is 14.5. The molecule has 2 aromatic heterocycles. The second-order valence-corrected chi connectivity index (χ2v) is 8.69. The van der Waals surface area contributed by atoms with Crippen LogP contribution < -0.4 is 16.0 Å². The number of anilines is 2. The molecule has 8 nitrogen and oxygen atoms in total. The van der Waals surface area contributed by atoms with Gasteiger partial charge in [0.1, 0.15) is 17.5 Å². The molecule has 0 aliphatic carbocycles. The Morgan fingerprint density at radius 1 is 1.29 bits per heavy atom. The second kappa shape index (κ2) is 9.65. The number of halogens is 1. The standard InChI is InChI=1S/C22H29FN6O2/c1-22(4-7-31-8-5-22)14-26-20-9-16(12-27-29-20)17-10-19(25-13-18(17)23)28-21(30)15-3-2-6-24-11-15/h9-10,12-13,15,24H,2-8,11,14H2,1H3,(H,26,29)(H,25,28,30). The Morgan fingerprint density at radius 2 is 2.13 bits per heavy atom. The van der Waals surface area contributed by atoms with Gasteiger partial charge in [0.15, 0.2) is 0 Å². The average Bonchev–Trinajstić information content (AvgIpc) is 2.80. The van der Waals surface area contributed by atoms with E-state index in [1.165, 1.54) is 6.20 Å². The Hall–Kier alpha value is -2.65. The molecule has 166 valence electrons. The van der Waals surface area contributed by atoms with Crippen LogP contribution in [0.15, 0.2) is 24.5 Å². The monoisotopic (exact) mass is 428 g/mol. The molecule has 0 saturated carbocycles. The SMILES string of the molecule is CC1(CNc2cc(-c3cc(NC(=O)C4CCCNC4)ncc3F)cnn2)CCOCC1. The number of nitrogens with zero attached hydrogens (tertiary/aromatic N) is 3. The molecule has 0 spiro atoms. The quantitative estimate of drug-likeness (QED) is 0.650. The van der Waals surface area contributed by atoms with Crippen LogP contribution in [0.3, 0.4) is 0 Å². The Kier molecular flexibility index (Phi) is 6.72. The predicted molar refractivity (Wildman–Crippen MR) is 116 cm³/mol. The largest absolute Gasteiger partial charge is 0.381 e. The number of ether oxygens (including phenoxy) is 1. The number of hydrogen-bond acceptors (Lipinski definition) is 7. The number of rotatable bonds is 6. The van der Waals surface area contributed by atoms with E-state index in [2.05, 4.69) is 38.1 Å². The van der Waals surface area contributed by atoms with Gasteiger partial charge in [-0.15, -0.1) is 5.10 Å². The van der Waals surface area contributed by atoms with Crippen LogP contribution in [0.25, 0.3) is 11.1 Å². The smallest absolute Gasteiger partial charge is 0.229 e. The van der Waals surface area contributed by atoms with Crippen molar-refractivity contribution in [1.29, 1.82) is 0 Å². The summed E-state index contributed by atoms with van der Waals surface area (Å²) in [7, 11) is 0. The van der Waals surface area contributed by atoms with Crippen LogP contribution >= 0.6 is 0 Å². The molecule has 4 heterocycles. The molecule has 1 amide bonds. The summed E-state index contributed by atoms with van der Waals surface area (Å²) >= 11 is 0. The zero-order valence-corrected chi connectivity index (χ0v) is 17.8. The molecule has 9 heteroatoms. The van der Waals surface area contributed by atoms with Crippen LogP contribution in [0.2, 0.25) is 0 Å². The first-order chi connectivity index (χ1) is 15.0. The van der Waals surface area contributed by atoms with Crippen LogP contribution in [-0.2, 0) is 9.53 Å². The lowest BCUT2D eigenvalue weighted by molar-refractivity contribution is -0.120. The lowest BCUT2D eigenvalue weighted by atomic mass is 9.82. The van der Waals surface area contributed by atoms with E-state index < -0.39 is 5.82 Å². The molecule has 2 aliphatic heterocycles. The van der Waals surface area contributed by atoms with Gasteiger partial charge < -0.3 is 20.7 Å². The van der Waals surface area contributed by atoms with Crippen molar-refractivity contribution in [1.82, 2.24) is 20.5 Å². The number of piperidine rings is 1. The van der Waals surface area contributed by atoms with Crippen LogP contribution in [0.5, 0.6) is 0 Å². The van der Waals surface area contributed by atoms with E-state index in [0.29, 0.717) is 29.3 Å². The molecule has 2 aliphatic rings. The fraction of sp³-hybridized carbons (Fsp3) is 0.545. The first kappa shape index (κ1) is 21.6. The molecule has 0 aromatic carbocycles. The van der Waals surface area contributed by atoms with E-state index in [1.54, 1.807) is 12.1 Å². The molecule has 2 saturated heterocycles. The zero-order chi connectivity index (χ0) is 21.7. The molecule has 1 atom stereocenters. The van der Waals surface area contributed by atoms with Crippen molar-refractivity contribution in [3.63, 3.8) is 0 Å². The second-order valence-electron chi connectivity index (χ2n) is 8.69.